The van der Waals surface area contributed by atoms with E-state index in [2.05, 4.69) is 0 Å². The largest absolute Gasteiger partial charge is 0.481 e. The predicted octanol–water partition coefficient (Wildman–Crippen LogP) is -0.0983. The predicted molar refractivity (Wildman–Crippen MR) is 57.6 cm³/mol. The molecule has 1 rings (SSSR count). The highest BCUT2D eigenvalue weighted by Crippen LogP contribution is 2.13. The second-order valence-electron chi connectivity index (χ2n) is 3.85. The maximum atomic E-state index is 11.9. The van der Waals surface area contributed by atoms with Gasteiger partial charge in [0.1, 0.15) is 0 Å². The van der Waals surface area contributed by atoms with Gasteiger partial charge >= 0.3 is 5.97 Å². The maximum absolute atomic E-state index is 11.9. The Bertz CT molecular complexity index is 340. The number of nitrogens with zero attached hydrogens (tertiary/aromatic N) is 1. The van der Waals surface area contributed by atoms with Crippen LogP contribution in [0.3, 0.4) is 0 Å². The van der Waals surface area contributed by atoms with Crippen molar-refractivity contribution in [1.82, 2.24) is 4.31 Å². The summed E-state index contributed by atoms with van der Waals surface area (Å²) in [6, 6.07) is -0.163. The van der Waals surface area contributed by atoms with Crippen molar-refractivity contribution in [1.29, 1.82) is 0 Å². The highest BCUT2D eigenvalue weighted by molar-refractivity contribution is 7.89. The molecule has 1 N–H and O–H groups in total. The number of ether oxygens (including phenoxy) is 1. The van der Waals surface area contributed by atoms with Crippen molar-refractivity contribution in [2.24, 2.45) is 0 Å². The fourth-order valence-electron chi connectivity index (χ4n) is 1.65. The van der Waals surface area contributed by atoms with E-state index in [-0.39, 0.29) is 24.6 Å². The molecule has 0 radical (unpaired) electrons. The first-order valence-electron chi connectivity index (χ1n) is 5.22. The first kappa shape index (κ1) is 13.4. The number of morpholine rings is 1. The molecule has 16 heavy (non-hydrogen) atoms. The van der Waals surface area contributed by atoms with Crippen LogP contribution in [0.5, 0.6) is 0 Å². The fourth-order valence-corrected chi connectivity index (χ4v) is 3.35. The summed E-state index contributed by atoms with van der Waals surface area (Å²) in [5.74, 6) is -1.07. The highest BCUT2D eigenvalue weighted by atomic mass is 32.2. The molecule has 0 bridgehead atoms. The van der Waals surface area contributed by atoms with Gasteiger partial charge in [-0.15, -0.1) is 0 Å². The van der Waals surface area contributed by atoms with Crippen molar-refractivity contribution >= 4 is 16.0 Å². The summed E-state index contributed by atoms with van der Waals surface area (Å²) in [6.45, 7) is 2.95. The van der Waals surface area contributed by atoms with Crippen molar-refractivity contribution in [2.75, 3.05) is 25.5 Å². The zero-order valence-corrected chi connectivity index (χ0v) is 10.1. The molecule has 7 heteroatoms. The number of carbonyl (C=O) groups is 1. The van der Waals surface area contributed by atoms with Gasteiger partial charge in [0, 0.05) is 19.0 Å². The van der Waals surface area contributed by atoms with Crippen LogP contribution in [0, 0.1) is 0 Å². The molecule has 0 unspecified atom stereocenters. The summed E-state index contributed by atoms with van der Waals surface area (Å²) >= 11 is 0. The van der Waals surface area contributed by atoms with Gasteiger partial charge in [-0.3, -0.25) is 4.79 Å². The summed E-state index contributed by atoms with van der Waals surface area (Å²) in [4.78, 5) is 10.3. The molecule has 0 saturated carbocycles. The van der Waals surface area contributed by atoms with Gasteiger partial charge < -0.3 is 9.84 Å². The third kappa shape index (κ3) is 3.73. The number of sulfonamides is 1. The van der Waals surface area contributed by atoms with Gasteiger partial charge in [-0.25, -0.2) is 8.42 Å². The van der Waals surface area contributed by atoms with Crippen molar-refractivity contribution in [3.8, 4) is 0 Å². The normalized spacial score (nSPS) is 23.2. The molecule has 0 aromatic rings. The topological polar surface area (TPSA) is 83.9 Å². The Kier molecular flexibility index (Phi) is 4.69. The smallest absolute Gasteiger partial charge is 0.303 e. The highest BCUT2D eigenvalue weighted by Gasteiger charge is 2.29. The summed E-state index contributed by atoms with van der Waals surface area (Å²) in [6.07, 6.45) is 0.0414. The van der Waals surface area contributed by atoms with Crippen LogP contribution in [0.1, 0.15) is 19.8 Å². The number of carboxylic acid groups (broad SMARTS) is 1. The Morgan fingerprint density at radius 1 is 1.56 bits per heavy atom. The molecule has 0 aromatic carbocycles. The fraction of sp³-hybridized carbons (Fsp3) is 0.889. The van der Waals surface area contributed by atoms with E-state index < -0.39 is 16.0 Å². The van der Waals surface area contributed by atoms with Gasteiger partial charge in [-0.2, -0.15) is 4.31 Å². The summed E-state index contributed by atoms with van der Waals surface area (Å²) in [5.41, 5.74) is 0. The van der Waals surface area contributed by atoms with Crippen LogP contribution in [0.2, 0.25) is 0 Å². The molecule has 1 aliphatic rings. The van der Waals surface area contributed by atoms with E-state index in [4.69, 9.17) is 9.84 Å². The van der Waals surface area contributed by atoms with Gasteiger partial charge in [0.2, 0.25) is 10.0 Å². The van der Waals surface area contributed by atoms with Crippen molar-refractivity contribution < 1.29 is 23.1 Å². The molecule has 0 amide bonds. The lowest BCUT2D eigenvalue weighted by Crippen LogP contribution is -2.47. The SMILES string of the molecule is C[C@@H]1COCCN1S(=O)(=O)CCCC(=O)O. The lowest BCUT2D eigenvalue weighted by molar-refractivity contribution is -0.137. The average Bonchev–Trinajstić information content (AvgIpc) is 2.17. The molecule has 94 valence electrons. The first-order chi connectivity index (χ1) is 7.43. The molecule has 1 heterocycles. The number of rotatable bonds is 5. The standard InChI is InChI=1S/C9H17NO5S/c1-8-7-15-5-4-10(8)16(13,14)6-2-3-9(11)12/h8H,2-7H2,1H3,(H,11,12)/t8-/m1/s1. The second kappa shape index (κ2) is 5.60. The van der Waals surface area contributed by atoms with Crippen LogP contribution in [-0.2, 0) is 19.6 Å². The zero-order chi connectivity index (χ0) is 12.2. The molecule has 1 aliphatic heterocycles. The molecular formula is C9H17NO5S. The van der Waals surface area contributed by atoms with Crippen LogP contribution in [0.15, 0.2) is 0 Å². The van der Waals surface area contributed by atoms with Crippen molar-refractivity contribution in [2.45, 2.75) is 25.8 Å². The molecular weight excluding hydrogens is 234 g/mol. The number of hydrogen-bond donors (Lipinski definition) is 1. The summed E-state index contributed by atoms with van der Waals surface area (Å²) in [7, 11) is -3.34. The van der Waals surface area contributed by atoms with Crippen LogP contribution in [0.25, 0.3) is 0 Å². The van der Waals surface area contributed by atoms with Crippen LogP contribution < -0.4 is 0 Å². The Morgan fingerprint density at radius 3 is 2.81 bits per heavy atom. The van der Waals surface area contributed by atoms with E-state index in [0.717, 1.165) is 0 Å². The number of carboxylic acids is 1. The Labute approximate surface area is 95.2 Å². The summed E-state index contributed by atoms with van der Waals surface area (Å²) < 4.78 is 30.3. The van der Waals surface area contributed by atoms with E-state index in [0.29, 0.717) is 19.8 Å². The second-order valence-corrected chi connectivity index (χ2v) is 5.89. The minimum Gasteiger partial charge on any atom is -0.481 e. The van der Waals surface area contributed by atoms with E-state index in [9.17, 15) is 13.2 Å². The van der Waals surface area contributed by atoms with Crippen LogP contribution >= 0.6 is 0 Å². The molecule has 0 aromatic heterocycles. The molecule has 1 fully saturated rings. The van der Waals surface area contributed by atoms with Crippen molar-refractivity contribution in [3.63, 3.8) is 0 Å². The lowest BCUT2D eigenvalue weighted by Gasteiger charge is -2.32. The Hall–Kier alpha value is -0.660. The summed E-state index contributed by atoms with van der Waals surface area (Å²) in [5, 5.41) is 8.44. The zero-order valence-electron chi connectivity index (χ0n) is 9.26. The number of aliphatic carboxylic acids is 1. The van der Waals surface area contributed by atoms with Gasteiger partial charge in [0.05, 0.1) is 19.0 Å². The van der Waals surface area contributed by atoms with E-state index >= 15 is 0 Å². The van der Waals surface area contributed by atoms with Gasteiger partial charge in [-0.1, -0.05) is 0 Å². The van der Waals surface area contributed by atoms with E-state index in [1.807, 2.05) is 0 Å². The molecule has 6 nitrogen and oxygen atoms in total. The molecule has 0 spiro atoms. The third-order valence-corrected chi connectivity index (χ3v) is 4.52. The van der Waals surface area contributed by atoms with Crippen LogP contribution in [-0.4, -0.2) is 55.4 Å². The molecule has 1 saturated heterocycles. The lowest BCUT2D eigenvalue weighted by atomic mass is 10.3. The quantitative estimate of drug-likeness (QED) is 0.737. The Balaban J connectivity index is 2.51. The van der Waals surface area contributed by atoms with Gasteiger partial charge in [0.15, 0.2) is 0 Å². The van der Waals surface area contributed by atoms with Crippen LogP contribution in [0.4, 0.5) is 0 Å². The number of hydrogen-bond acceptors (Lipinski definition) is 4. The van der Waals surface area contributed by atoms with E-state index in [1.54, 1.807) is 6.92 Å². The van der Waals surface area contributed by atoms with E-state index in [1.165, 1.54) is 4.31 Å². The molecule has 1 atom stereocenters. The average molecular weight is 251 g/mol. The Morgan fingerprint density at radius 2 is 2.25 bits per heavy atom. The third-order valence-electron chi connectivity index (χ3n) is 2.46. The minimum atomic E-state index is -3.34. The molecule has 0 aliphatic carbocycles. The van der Waals surface area contributed by atoms with Gasteiger partial charge in [0.25, 0.3) is 0 Å². The minimum absolute atomic E-state index is 0.108. The maximum Gasteiger partial charge on any atom is 0.303 e. The monoisotopic (exact) mass is 251 g/mol. The first-order valence-corrected chi connectivity index (χ1v) is 6.83. The van der Waals surface area contributed by atoms with Crippen molar-refractivity contribution in [3.05, 3.63) is 0 Å². The van der Waals surface area contributed by atoms with Gasteiger partial charge in [-0.05, 0) is 13.3 Å².